The highest BCUT2D eigenvalue weighted by atomic mass is 32.1. The number of nitrogens with zero attached hydrogens (tertiary/aromatic N) is 2. The molecule has 0 unspecified atom stereocenters. The van der Waals surface area contributed by atoms with Crippen LogP contribution in [0.5, 0.6) is 0 Å². The molecule has 0 radical (unpaired) electrons. The topological polar surface area (TPSA) is 69.5 Å². The van der Waals surface area contributed by atoms with Gasteiger partial charge in [-0.05, 0) is 40.0 Å². The van der Waals surface area contributed by atoms with Gasteiger partial charge in [-0.25, -0.2) is 4.98 Å². The molecule has 1 fully saturated rings. The standard InChI is InChI=1S/C15H26N4OS/c1-4-16-14(18-10-15(20)7-5-8-15)17-9-6-13-19-11(2)12(3)21-13/h20H,4-10H2,1-3H3,(H2,16,17,18). The van der Waals surface area contributed by atoms with Gasteiger partial charge in [-0.1, -0.05) is 0 Å². The van der Waals surface area contributed by atoms with Gasteiger partial charge in [0.15, 0.2) is 5.96 Å². The second kappa shape index (κ2) is 7.22. The van der Waals surface area contributed by atoms with Crippen LogP contribution in [0.1, 0.15) is 41.8 Å². The van der Waals surface area contributed by atoms with E-state index in [0.717, 1.165) is 55.4 Å². The summed E-state index contributed by atoms with van der Waals surface area (Å²) in [6, 6.07) is 0. The Kier molecular flexibility index (Phi) is 5.58. The summed E-state index contributed by atoms with van der Waals surface area (Å²) >= 11 is 1.76. The number of aliphatic hydroxyl groups is 1. The average Bonchev–Trinajstić information content (AvgIpc) is 2.73. The molecule has 1 saturated carbocycles. The summed E-state index contributed by atoms with van der Waals surface area (Å²) in [4.78, 5) is 10.3. The van der Waals surface area contributed by atoms with Gasteiger partial charge in [0, 0.05) is 24.4 Å². The van der Waals surface area contributed by atoms with Crippen LogP contribution in [0.2, 0.25) is 0 Å². The zero-order chi connectivity index (χ0) is 15.3. The molecule has 1 heterocycles. The van der Waals surface area contributed by atoms with Crippen molar-refractivity contribution in [2.45, 2.75) is 52.1 Å². The second-order valence-electron chi connectivity index (χ2n) is 5.70. The van der Waals surface area contributed by atoms with Gasteiger partial charge in [0.25, 0.3) is 0 Å². The van der Waals surface area contributed by atoms with Crippen molar-refractivity contribution in [3.8, 4) is 0 Å². The maximum atomic E-state index is 10.1. The van der Waals surface area contributed by atoms with Gasteiger partial charge in [-0.2, -0.15) is 0 Å². The minimum Gasteiger partial charge on any atom is -0.388 e. The molecule has 0 aromatic carbocycles. The summed E-state index contributed by atoms with van der Waals surface area (Å²) in [5.74, 6) is 0.780. The van der Waals surface area contributed by atoms with Gasteiger partial charge in [0.2, 0.25) is 0 Å². The van der Waals surface area contributed by atoms with Crippen molar-refractivity contribution in [3.05, 3.63) is 15.6 Å². The number of hydrogen-bond donors (Lipinski definition) is 3. The van der Waals surface area contributed by atoms with Crippen molar-refractivity contribution in [1.29, 1.82) is 0 Å². The van der Waals surface area contributed by atoms with Gasteiger partial charge in [-0.3, -0.25) is 4.99 Å². The molecular formula is C15H26N4OS. The third kappa shape index (κ3) is 4.68. The van der Waals surface area contributed by atoms with Crippen LogP contribution in [0.15, 0.2) is 4.99 Å². The number of aromatic nitrogens is 1. The van der Waals surface area contributed by atoms with Gasteiger partial charge in [-0.15, -0.1) is 11.3 Å². The van der Waals surface area contributed by atoms with Crippen molar-refractivity contribution in [2.75, 3.05) is 19.6 Å². The SMILES string of the molecule is CCNC(=NCC1(O)CCC1)NCCc1nc(C)c(C)s1. The van der Waals surface area contributed by atoms with Gasteiger partial charge in [0.05, 0.1) is 22.8 Å². The fraction of sp³-hybridized carbons (Fsp3) is 0.733. The molecule has 2 rings (SSSR count). The Morgan fingerprint density at radius 3 is 2.67 bits per heavy atom. The first-order valence-corrected chi connectivity index (χ1v) is 8.51. The first-order valence-electron chi connectivity index (χ1n) is 7.70. The van der Waals surface area contributed by atoms with Crippen LogP contribution in [0, 0.1) is 13.8 Å². The fourth-order valence-corrected chi connectivity index (χ4v) is 3.18. The summed E-state index contributed by atoms with van der Waals surface area (Å²) in [7, 11) is 0. The van der Waals surface area contributed by atoms with E-state index in [4.69, 9.17) is 0 Å². The number of aryl methyl sites for hydroxylation is 2. The molecular weight excluding hydrogens is 284 g/mol. The highest BCUT2D eigenvalue weighted by Gasteiger charge is 2.34. The molecule has 1 aliphatic carbocycles. The van der Waals surface area contributed by atoms with Crippen LogP contribution in [0.4, 0.5) is 0 Å². The number of aliphatic imine (C=N–C) groups is 1. The molecule has 21 heavy (non-hydrogen) atoms. The Hall–Kier alpha value is -1.14. The van der Waals surface area contributed by atoms with Crippen LogP contribution in [0.25, 0.3) is 0 Å². The van der Waals surface area contributed by atoms with Crippen molar-refractivity contribution >= 4 is 17.3 Å². The Morgan fingerprint density at radius 2 is 2.14 bits per heavy atom. The fourth-order valence-electron chi connectivity index (χ4n) is 2.24. The number of rotatable bonds is 6. The third-order valence-corrected chi connectivity index (χ3v) is 5.00. The van der Waals surface area contributed by atoms with E-state index in [1.807, 2.05) is 13.8 Å². The smallest absolute Gasteiger partial charge is 0.191 e. The van der Waals surface area contributed by atoms with Gasteiger partial charge < -0.3 is 15.7 Å². The van der Waals surface area contributed by atoms with E-state index < -0.39 is 5.60 Å². The largest absolute Gasteiger partial charge is 0.388 e. The van der Waals surface area contributed by atoms with E-state index in [1.165, 1.54) is 4.88 Å². The number of guanidine groups is 1. The summed E-state index contributed by atoms with van der Waals surface area (Å²) in [6.45, 7) is 8.30. The Labute approximate surface area is 130 Å². The summed E-state index contributed by atoms with van der Waals surface area (Å²) in [5.41, 5.74) is 0.564. The molecule has 0 amide bonds. The lowest BCUT2D eigenvalue weighted by Gasteiger charge is -2.35. The lowest BCUT2D eigenvalue weighted by molar-refractivity contribution is -0.0236. The maximum absolute atomic E-state index is 10.1. The minimum absolute atomic E-state index is 0.484. The molecule has 6 heteroatoms. The van der Waals surface area contributed by atoms with E-state index in [2.05, 4.69) is 27.5 Å². The van der Waals surface area contributed by atoms with Gasteiger partial charge >= 0.3 is 0 Å². The van der Waals surface area contributed by atoms with Crippen molar-refractivity contribution in [1.82, 2.24) is 15.6 Å². The average molecular weight is 310 g/mol. The first kappa shape index (κ1) is 16.2. The number of nitrogens with one attached hydrogen (secondary N) is 2. The molecule has 0 atom stereocenters. The quantitative estimate of drug-likeness (QED) is 0.553. The molecule has 0 bridgehead atoms. The van der Waals surface area contributed by atoms with E-state index >= 15 is 0 Å². The number of hydrogen-bond acceptors (Lipinski definition) is 4. The Balaban J connectivity index is 1.80. The Bertz CT molecular complexity index is 474. The molecule has 118 valence electrons. The molecule has 3 N–H and O–H groups in total. The molecule has 1 aromatic heterocycles. The van der Waals surface area contributed by atoms with Crippen molar-refractivity contribution in [3.63, 3.8) is 0 Å². The van der Waals surface area contributed by atoms with E-state index in [-0.39, 0.29) is 0 Å². The predicted octanol–water partition coefficient (Wildman–Crippen LogP) is 1.77. The number of thiazole rings is 1. The zero-order valence-corrected chi connectivity index (χ0v) is 14.0. The van der Waals surface area contributed by atoms with E-state index in [9.17, 15) is 5.11 Å². The molecule has 1 aromatic rings. The summed E-state index contributed by atoms with van der Waals surface area (Å²) in [5, 5.41) is 17.8. The predicted molar refractivity (Wildman–Crippen MR) is 88.1 cm³/mol. The molecule has 0 spiro atoms. The lowest BCUT2D eigenvalue weighted by Crippen LogP contribution is -2.43. The Morgan fingerprint density at radius 1 is 1.38 bits per heavy atom. The highest BCUT2D eigenvalue weighted by molar-refractivity contribution is 7.11. The van der Waals surface area contributed by atoms with E-state index in [1.54, 1.807) is 11.3 Å². The highest BCUT2D eigenvalue weighted by Crippen LogP contribution is 2.31. The van der Waals surface area contributed by atoms with Crippen molar-refractivity contribution in [2.24, 2.45) is 4.99 Å². The second-order valence-corrected chi connectivity index (χ2v) is 6.99. The van der Waals surface area contributed by atoms with Crippen LogP contribution < -0.4 is 10.6 Å². The van der Waals surface area contributed by atoms with Crippen LogP contribution in [-0.4, -0.2) is 41.3 Å². The monoisotopic (exact) mass is 310 g/mol. The zero-order valence-electron chi connectivity index (χ0n) is 13.2. The minimum atomic E-state index is -0.564. The molecule has 0 aliphatic heterocycles. The normalized spacial score (nSPS) is 17.4. The summed E-state index contributed by atoms with van der Waals surface area (Å²) < 4.78 is 0. The lowest BCUT2D eigenvalue weighted by atomic mass is 9.80. The third-order valence-electron chi connectivity index (χ3n) is 3.86. The van der Waals surface area contributed by atoms with Crippen LogP contribution in [-0.2, 0) is 6.42 Å². The molecule has 0 saturated heterocycles. The van der Waals surface area contributed by atoms with Gasteiger partial charge in [0.1, 0.15) is 0 Å². The van der Waals surface area contributed by atoms with Crippen molar-refractivity contribution < 1.29 is 5.11 Å². The molecule has 5 nitrogen and oxygen atoms in total. The van der Waals surface area contributed by atoms with Crippen LogP contribution >= 0.6 is 11.3 Å². The van der Waals surface area contributed by atoms with E-state index in [0.29, 0.717) is 6.54 Å². The summed E-state index contributed by atoms with van der Waals surface area (Å²) in [6.07, 6.45) is 3.74. The van der Waals surface area contributed by atoms with Crippen LogP contribution in [0.3, 0.4) is 0 Å². The maximum Gasteiger partial charge on any atom is 0.191 e. The molecule has 1 aliphatic rings. The first-order chi connectivity index (χ1) is 10.0.